The van der Waals surface area contributed by atoms with Gasteiger partial charge in [-0.1, -0.05) is 61.5 Å². The molecule has 2 atom stereocenters. The molecule has 0 saturated carbocycles. The van der Waals surface area contributed by atoms with Crippen LogP contribution in [-0.2, 0) is 0 Å². The van der Waals surface area contributed by atoms with Crippen LogP contribution in [0, 0.1) is 5.92 Å². The van der Waals surface area contributed by atoms with Crippen LogP contribution in [0.25, 0.3) is 12.2 Å². The van der Waals surface area contributed by atoms with Crippen LogP contribution in [0.2, 0.25) is 0 Å². The molecule has 0 fully saturated rings. The van der Waals surface area contributed by atoms with Crippen LogP contribution in [0.1, 0.15) is 35.2 Å². The first-order valence-electron chi connectivity index (χ1n) is 7.26. The zero-order valence-corrected chi connectivity index (χ0v) is 12.0. The fraction of sp³-hybridized carbons (Fsp3) is 0.211. The van der Waals surface area contributed by atoms with E-state index >= 15 is 0 Å². The lowest BCUT2D eigenvalue weighted by Crippen LogP contribution is -2.29. The minimum absolute atomic E-state index is 0.182. The zero-order chi connectivity index (χ0) is 14.8. The number of carbonyl (C=O) groups is 1. The van der Waals surface area contributed by atoms with Gasteiger partial charge in [0.25, 0.3) is 0 Å². The van der Waals surface area contributed by atoms with E-state index in [-0.39, 0.29) is 5.92 Å². The van der Waals surface area contributed by atoms with Crippen LogP contribution < -0.4 is 10.4 Å². The molecule has 0 heterocycles. The van der Waals surface area contributed by atoms with Gasteiger partial charge in [0.15, 0.2) is 0 Å². The largest absolute Gasteiger partial charge is 0.478 e. The van der Waals surface area contributed by atoms with Crippen LogP contribution in [0.4, 0.5) is 0 Å². The molecule has 0 spiro atoms. The third kappa shape index (κ3) is 2.62. The van der Waals surface area contributed by atoms with Gasteiger partial charge < -0.3 is 5.11 Å². The Hall–Kier alpha value is -2.35. The third-order valence-corrected chi connectivity index (χ3v) is 4.32. The van der Waals surface area contributed by atoms with Gasteiger partial charge in [-0.2, -0.15) is 0 Å². The molecule has 2 aromatic rings. The summed E-state index contributed by atoms with van der Waals surface area (Å²) < 4.78 is 0. The molecular weight excluding hydrogens is 260 g/mol. The summed E-state index contributed by atoms with van der Waals surface area (Å²) in [5.74, 6) is -0.333. The molecule has 2 heteroatoms. The van der Waals surface area contributed by atoms with E-state index < -0.39 is 5.97 Å². The summed E-state index contributed by atoms with van der Waals surface area (Å²) in [6.45, 7) is 2.12. The predicted octanol–water partition coefficient (Wildman–Crippen LogP) is 2.77. The highest BCUT2D eigenvalue weighted by molar-refractivity contribution is 5.89. The monoisotopic (exact) mass is 278 g/mol. The maximum absolute atomic E-state index is 11.4. The van der Waals surface area contributed by atoms with Crippen molar-refractivity contribution in [3.05, 3.63) is 70.1 Å². The van der Waals surface area contributed by atoms with Crippen molar-refractivity contribution < 1.29 is 9.90 Å². The SMILES string of the molecule is CC(c1ccccc1C(=O)O)C1C=c2ccccc2=CC1. The lowest BCUT2D eigenvalue weighted by Gasteiger charge is -2.23. The summed E-state index contributed by atoms with van der Waals surface area (Å²) in [5, 5.41) is 11.9. The topological polar surface area (TPSA) is 37.3 Å². The standard InChI is InChI=1S/C19H18O2/c1-13(17-8-4-5-9-18(17)19(20)21)15-11-10-14-6-2-3-7-16(14)12-15/h2-10,12-13,15H,11H2,1H3,(H,20,21). The molecule has 1 N–H and O–H groups in total. The highest BCUT2D eigenvalue weighted by Gasteiger charge is 2.21. The normalized spacial score (nSPS) is 18.0. The molecule has 1 aliphatic rings. The molecule has 0 radical (unpaired) electrons. The second-order valence-electron chi connectivity index (χ2n) is 5.58. The predicted molar refractivity (Wildman–Crippen MR) is 84.5 cm³/mol. The Bertz CT molecular complexity index is 789. The second-order valence-corrected chi connectivity index (χ2v) is 5.58. The van der Waals surface area contributed by atoms with E-state index in [0.29, 0.717) is 11.5 Å². The Morgan fingerprint density at radius 3 is 2.52 bits per heavy atom. The van der Waals surface area contributed by atoms with E-state index in [4.69, 9.17) is 0 Å². The van der Waals surface area contributed by atoms with Crippen molar-refractivity contribution in [3.63, 3.8) is 0 Å². The molecule has 0 amide bonds. The highest BCUT2D eigenvalue weighted by Crippen LogP contribution is 2.31. The maximum Gasteiger partial charge on any atom is 0.335 e. The van der Waals surface area contributed by atoms with Crippen molar-refractivity contribution in [2.75, 3.05) is 0 Å². The number of fused-ring (bicyclic) bond motifs is 1. The van der Waals surface area contributed by atoms with Crippen molar-refractivity contribution in [1.82, 2.24) is 0 Å². The van der Waals surface area contributed by atoms with E-state index in [0.717, 1.165) is 12.0 Å². The first-order valence-corrected chi connectivity index (χ1v) is 7.26. The molecule has 3 rings (SSSR count). The maximum atomic E-state index is 11.4. The molecule has 0 aromatic heterocycles. The molecule has 2 nitrogen and oxygen atoms in total. The highest BCUT2D eigenvalue weighted by atomic mass is 16.4. The number of benzene rings is 2. The molecule has 106 valence electrons. The van der Waals surface area contributed by atoms with Gasteiger partial charge in [0, 0.05) is 0 Å². The Morgan fingerprint density at radius 2 is 1.76 bits per heavy atom. The number of aromatic carboxylic acids is 1. The summed E-state index contributed by atoms with van der Waals surface area (Å²) in [7, 11) is 0. The molecule has 0 aliphatic heterocycles. The van der Waals surface area contributed by atoms with Crippen molar-refractivity contribution in [1.29, 1.82) is 0 Å². The van der Waals surface area contributed by atoms with Gasteiger partial charge in [-0.3, -0.25) is 0 Å². The average molecular weight is 278 g/mol. The van der Waals surface area contributed by atoms with E-state index in [1.165, 1.54) is 10.4 Å². The van der Waals surface area contributed by atoms with Crippen molar-refractivity contribution >= 4 is 18.1 Å². The van der Waals surface area contributed by atoms with Gasteiger partial charge in [-0.25, -0.2) is 4.79 Å². The number of rotatable bonds is 3. The lowest BCUT2D eigenvalue weighted by molar-refractivity contribution is 0.0695. The van der Waals surface area contributed by atoms with Gasteiger partial charge in [0.05, 0.1) is 5.56 Å². The smallest absolute Gasteiger partial charge is 0.335 e. The van der Waals surface area contributed by atoms with Crippen molar-refractivity contribution in [3.8, 4) is 0 Å². The summed E-state index contributed by atoms with van der Waals surface area (Å²) in [4.78, 5) is 11.4. The summed E-state index contributed by atoms with van der Waals surface area (Å²) in [6.07, 6.45) is 5.48. The zero-order valence-electron chi connectivity index (χ0n) is 12.0. The van der Waals surface area contributed by atoms with Gasteiger partial charge in [0.2, 0.25) is 0 Å². The summed E-state index contributed by atoms with van der Waals surface area (Å²) >= 11 is 0. The second kappa shape index (κ2) is 5.57. The van der Waals surface area contributed by atoms with Crippen LogP contribution in [0.3, 0.4) is 0 Å². The van der Waals surface area contributed by atoms with Crippen LogP contribution in [0.15, 0.2) is 48.5 Å². The van der Waals surface area contributed by atoms with Gasteiger partial charge >= 0.3 is 5.97 Å². The average Bonchev–Trinajstić information content (AvgIpc) is 2.53. The minimum atomic E-state index is -0.849. The van der Waals surface area contributed by atoms with Crippen LogP contribution >= 0.6 is 0 Å². The quantitative estimate of drug-likeness (QED) is 0.937. The number of carboxylic acid groups (broad SMARTS) is 1. The van der Waals surface area contributed by atoms with Gasteiger partial charge in [0.1, 0.15) is 0 Å². The minimum Gasteiger partial charge on any atom is -0.478 e. The fourth-order valence-electron chi connectivity index (χ4n) is 3.08. The van der Waals surface area contributed by atoms with Crippen LogP contribution in [-0.4, -0.2) is 11.1 Å². The van der Waals surface area contributed by atoms with E-state index in [2.05, 4.69) is 31.2 Å². The molecular formula is C19H18O2. The summed E-state index contributed by atoms with van der Waals surface area (Å²) in [5.41, 5.74) is 1.33. The Balaban J connectivity index is 1.99. The lowest BCUT2D eigenvalue weighted by atomic mass is 9.81. The Labute approximate surface area is 124 Å². The number of hydrogen-bond donors (Lipinski definition) is 1. The van der Waals surface area contributed by atoms with Crippen molar-refractivity contribution in [2.45, 2.75) is 19.3 Å². The molecule has 1 aliphatic carbocycles. The van der Waals surface area contributed by atoms with Crippen molar-refractivity contribution in [2.24, 2.45) is 5.92 Å². The summed E-state index contributed by atoms with van der Waals surface area (Å²) in [6, 6.07) is 15.7. The van der Waals surface area contributed by atoms with E-state index in [1.807, 2.05) is 24.3 Å². The molecule has 21 heavy (non-hydrogen) atoms. The number of hydrogen-bond acceptors (Lipinski definition) is 1. The Kier molecular flexibility index (Phi) is 3.61. The van der Waals surface area contributed by atoms with Gasteiger partial charge in [-0.15, -0.1) is 0 Å². The van der Waals surface area contributed by atoms with E-state index in [1.54, 1.807) is 12.1 Å². The third-order valence-electron chi connectivity index (χ3n) is 4.32. The van der Waals surface area contributed by atoms with Crippen LogP contribution in [0.5, 0.6) is 0 Å². The van der Waals surface area contributed by atoms with E-state index in [9.17, 15) is 9.90 Å². The molecule has 2 unspecified atom stereocenters. The Morgan fingerprint density at radius 1 is 1.10 bits per heavy atom. The first-order chi connectivity index (χ1) is 10.2. The number of carboxylic acids is 1. The molecule has 0 saturated heterocycles. The van der Waals surface area contributed by atoms with Gasteiger partial charge in [-0.05, 0) is 40.3 Å². The fourth-order valence-corrected chi connectivity index (χ4v) is 3.08. The molecule has 2 aromatic carbocycles. The first kappa shape index (κ1) is 13.6. The molecule has 0 bridgehead atoms.